The van der Waals surface area contributed by atoms with E-state index in [1.54, 1.807) is 37.6 Å². The minimum atomic E-state index is -0.311. The lowest BCUT2D eigenvalue weighted by molar-refractivity contribution is -0.127. The normalized spacial score (nSPS) is 10.9. The monoisotopic (exact) mass is 374 g/mol. The Morgan fingerprint density at radius 3 is 2.77 bits per heavy atom. The van der Waals surface area contributed by atoms with Crippen LogP contribution in [0.2, 0.25) is 0 Å². The summed E-state index contributed by atoms with van der Waals surface area (Å²) in [5.74, 6) is 1.04. The van der Waals surface area contributed by atoms with Gasteiger partial charge in [-0.25, -0.2) is 4.39 Å². The maximum absolute atomic E-state index is 13.7. The van der Waals surface area contributed by atoms with Gasteiger partial charge in [0.1, 0.15) is 5.82 Å². The van der Waals surface area contributed by atoms with Crippen molar-refractivity contribution in [2.45, 2.75) is 25.2 Å². The fourth-order valence-corrected chi connectivity index (χ4v) is 3.42. The van der Waals surface area contributed by atoms with Crippen molar-refractivity contribution in [3.63, 3.8) is 0 Å². The van der Waals surface area contributed by atoms with Crippen LogP contribution in [0.25, 0.3) is 11.6 Å². The van der Waals surface area contributed by atoms with Crippen molar-refractivity contribution < 1.29 is 13.6 Å². The summed E-state index contributed by atoms with van der Waals surface area (Å²) in [5, 5.41) is 8.96. The van der Waals surface area contributed by atoms with Crippen LogP contribution < -0.4 is 0 Å². The molecule has 0 aliphatic heterocycles. The van der Waals surface area contributed by atoms with E-state index in [1.807, 2.05) is 17.6 Å². The molecule has 0 unspecified atom stereocenters. The third kappa shape index (κ3) is 3.96. The van der Waals surface area contributed by atoms with Crippen molar-refractivity contribution in [2.24, 2.45) is 0 Å². The standard InChI is InChI=1S/C18H19FN4O2S/c1-3-23-17(15-9-6-10-25-15)20-21-18(23)26-12-16(24)22(2)11-13-7-4-5-8-14(13)19/h4-10H,3,11-12H2,1-2H3. The number of hydrogen-bond acceptors (Lipinski definition) is 5. The van der Waals surface area contributed by atoms with Crippen LogP contribution in [-0.4, -0.2) is 38.4 Å². The molecule has 0 spiro atoms. The SMILES string of the molecule is CCn1c(SCC(=O)N(C)Cc2ccccc2F)nnc1-c1ccco1. The maximum atomic E-state index is 13.7. The van der Waals surface area contributed by atoms with Crippen LogP contribution in [0.4, 0.5) is 4.39 Å². The Hall–Kier alpha value is -2.61. The summed E-state index contributed by atoms with van der Waals surface area (Å²) >= 11 is 1.30. The molecule has 0 bridgehead atoms. The van der Waals surface area contributed by atoms with Gasteiger partial charge in [0.15, 0.2) is 16.7 Å². The highest BCUT2D eigenvalue weighted by Gasteiger charge is 2.18. The Balaban J connectivity index is 1.63. The summed E-state index contributed by atoms with van der Waals surface area (Å²) in [4.78, 5) is 13.9. The molecular formula is C18H19FN4O2S. The number of halogens is 1. The molecule has 6 nitrogen and oxygen atoms in total. The van der Waals surface area contributed by atoms with Gasteiger partial charge in [0.05, 0.1) is 12.0 Å². The zero-order valence-corrected chi connectivity index (χ0v) is 15.4. The largest absolute Gasteiger partial charge is 0.461 e. The van der Waals surface area contributed by atoms with E-state index >= 15 is 0 Å². The molecule has 0 radical (unpaired) electrons. The Bertz CT molecular complexity index is 879. The average Bonchev–Trinajstić information content (AvgIpc) is 3.30. The van der Waals surface area contributed by atoms with Crippen LogP contribution in [0.15, 0.2) is 52.2 Å². The number of carbonyl (C=O) groups is 1. The fourth-order valence-electron chi connectivity index (χ4n) is 2.48. The summed E-state index contributed by atoms with van der Waals surface area (Å²) in [6, 6.07) is 10.1. The number of rotatable bonds is 7. The first-order chi connectivity index (χ1) is 12.6. The van der Waals surface area contributed by atoms with E-state index < -0.39 is 0 Å². The van der Waals surface area contributed by atoms with Gasteiger partial charge < -0.3 is 9.32 Å². The highest BCUT2D eigenvalue weighted by Crippen LogP contribution is 2.24. The topological polar surface area (TPSA) is 64.2 Å². The van der Waals surface area contributed by atoms with Crippen LogP contribution >= 0.6 is 11.8 Å². The molecule has 0 saturated carbocycles. The van der Waals surface area contributed by atoms with E-state index in [0.717, 1.165) is 0 Å². The highest BCUT2D eigenvalue weighted by molar-refractivity contribution is 7.99. The molecule has 136 valence electrons. The molecule has 1 amide bonds. The van der Waals surface area contributed by atoms with Crippen LogP contribution in [0.5, 0.6) is 0 Å². The minimum Gasteiger partial charge on any atom is -0.461 e. The Labute approximate surface area is 155 Å². The molecule has 0 aliphatic carbocycles. The van der Waals surface area contributed by atoms with E-state index in [-0.39, 0.29) is 24.0 Å². The third-order valence-electron chi connectivity index (χ3n) is 3.89. The average molecular weight is 374 g/mol. The van der Waals surface area contributed by atoms with E-state index in [2.05, 4.69) is 10.2 Å². The van der Waals surface area contributed by atoms with Crippen molar-refractivity contribution >= 4 is 17.7 Å². The molecule has 0 saturated heterocycles. The minimum absolute atomic E-state index is 0.108. The predicted octanol–water partition coefficient (Wildman–Crippen LogP) is 3.45. The third-order valence-corrected chi connectivity index (χ3v) is 4.84. The van der Waals surface area contributed by atoms with Crippen LogP contribution in [0, 0.1) is 5.82 Å². The molecule has 3 aromatic rings. The molecule has 8 heteroatoms. The predicted molar refractivity (Wildman–Crippen MR) is 97.0 cm³/mol. The second-order valence-electron chi connectivity index (χ2n) is 5.66. The van der Waals surface area contributed by atoms with E-state index in [0.29, 0.717) is 28.8 Å². The lowest BCUT2D eigenvalue weighted by Gasteiger charge is -2.17. The van der Waals surface area contributed by atoms with E-state index in [1.165, 1.54) is 22.7 Å². The number of aromatic nitrogens is 3. The van der Waals surface area contributed by atoms with Crippen LogP contribution in [0.1, 0.15) is 12.5 Å². The lowest BCUT2D eigenvalue weighted by atomic mass is 10.2. The molecule has 0 aliphatic rings. The molecule has 26 heavy (non-hydrogen) atoms. The second kappa shape index (κ2) is 8.18. The number of hydrogen-bond donors (Lipinski definition) is 0. The quantitative estimate of drug-likeness (QED) is 0.593. The van der Waals surface area contributed by atoms with Gasteiger partial charge in [-0.2, -0.15) is 0 Å². The van der Waals surface area contributed by atoms with Crippen molar-refractivity contribution in [3.8, 4) is 11.6 Å². The number of benzene rings is 1. The van der Waals surface area contributed by atoms with E-state index in [4.69, 9.17) is 4.42 Å². The van der Waals surface area contributed by atoms with Crippen molar-refractivity contribution in [3.05, 3.63) is 54.0 Å². The fraction of sp³-hybridized carbons (Fsp3) is 0.278. The van der Waals surface area contributed by atoms with Gasteiger partial charge in [0.2, 0.25) is 5.91 Å². The van der Waals surface area contributed by atoms with Gasteiger partial charge in [0, 0.05) is 25.7 Å². The zero-order valence-electron chi connectivity index (χ0n) is 14.6. The summed E-state index contributed by atoms with van der Waals surface area (Å²) < 4.78 is 21.0. The van der Waals surface area contributed by atoms with Crippen molar-refractivity contribution in [1.82, 2.24) is 19.7 Å². The highest BCUT2D eigenvalue weighted by atomic mass is 32.2. The van der Waals surface area contributed by atoms with Crippen molar-refractivity contribution in [1.29, 1.82) is 0 Å². The summed E-state index contributed by atoms with van der Waals surface area (Å²) in [6.45, 7) is 2.86. The van der Waals surface area contributed by atoms with Crippen LogP contribution in [-0.2, 0) is 17.9 Å². The van der Waals surface area contributed by atoms with Crippen LogP contribution in [0.3, 0.4) is 0 Å². The molecular weight excluding hydrogens is 355 g/mol. The number of thioether (sulfide) groups is 1. The Morgan fingerprint density at radius 2 is 2.08 bits per heavy atom. The van der Waals surface area contributed by atoms with Gasteiger partial charge in [-0.05, 0) is 25.1 Å². The smallest absolute Gasteiger partial charge is 0.233 e. The molecule has 0 N–H and O–H groups in total. The zero-order chi connectivity index (χ0) is 18.5. The van der Waals surface area contributed by atoms with Gasteiger partial charge in [0.25, 0.3) is 0 Å². The lowest BCUT2D eigenvalue weighted by Crippen LogP contribution is -2.28. The van der Waals surface area contributed by atoms with Gasteiger partial charge in [-0.1, -0.05) is 30.0 Å². The summed E-state index contributed by atoms with van der Waals surface area (Å²) in [6.07, 6.45) is 1.58. The maximum Gasteiger partial charge on any atom is 0.233 e. The van der Waals surface area contributed by atoms with Gasteiger partial charge in [-0.15, -0.1) is 10.2 Å². The first kappa shape index (κ1) is 18.2. The van der Waals surface area contributed by atoms with Gasteiger partial charge >= 0.3 is 0 Å². The van der Waals surface area contributed by atoms with E-state index in [9.17, 15) is 9.18 Å². The van der Waals surface area contributed by atoms with Gasteiger partial charge in [-0.3, -0.25) is 9.36 Å². The number of furan rings is 1. The molecule has 3 rings (SSSR count). The number of amides is 1. The molecule has 1 aromatic carbocycles. The molecule has 2 aromatic heterocycles. The first-order valence-corrected chi connectivity index (χ1v) is 9.16. The Kier molecular flexibility index (Phi) is 5.72. The Morgan fingerprint density at radius 1 is 1.27 bits per heavy atom. The second-order valence-corrected chi connectivity index (χ2v) is 6.60. The number of nitrogens with zero attached hydrogens (tertiary/aromatic N) is 4. The first-order valence-electron chi connectivity index (χ1n) is 8.17. The van der Waals surface area contributed by atoms with Crippen molar-refractivity contribution in [2.75, 3.05) is 12.8 Å². The summed E-state index contributed by atoms with van der Waals surface area (Å²) in [7, 11) is 1.66. The molecule has 0 atom stereocenters. The molecule has 0 fully saturated rings. The number of carbonyl (C=O) groups excluding carboxylic acids is 1. The summed E-state index contributed by atoms with van der Waals surface area (Å²) in [5.41, 5.74) is 0.491. The molecule has 2 heterocycles.